The van der Waals surface area contributed by atoms with Crippen molar-refractivity contribution < 1.29 is 22.4 Å². The molecule has 1 N–H and O–H groups in total. The summed E-state index contributed by atoms with van der Waals surface area (Å²) >= 11 is 0. The molecule has 0 aliphatic carbocycles. The molecule has 0 aromatic heterocycles. The Morgan fingerprint density at radius 2 is 1.57 bits per heavy atom. The Kier molecular flexibility index (Phi) is 9.06. The fraction of sp³-hybridized carbons (Fsp3) is 0.462. The summed E-state index contributed by atoms with van der Waals surface area (Å²) in [6.07, 6.45) is 1.36. The number of rotatable bonds is 9. The van der Waals surface area contributed by atoms with Crippen LogP contribution in [0.25, 0.3) is 0 Å². The van der Waals surface area contributed by atoms with Gasteiger partial charge in [0, 0.05) is 12.1 Å². The van der Waals surface area contributed by atoms with Crippen LogP contribution in [-0.2, 0) is 26.2 Å². The summed E-state index contributed by atoms with van der Waals surface area (Å²) in [5.41, 5.74) is 2.21. The lowest BCUT2D eigenvalue weighted by atomic mass is 10.1. The molecule has 35 heavy (non-hydrogen) atoms. The van der Waals surface area contributed by atoms with Crippen molar-refractivity contribution in [3.05, 3.63) is 65.0 Å². The van der Waals surface area contributed by atoms with E-state index in [2.05, 4.69) is 5.32 Å². The quantitative estimate of drug-likeness (QED) is 0.560. The number of hydrogen-bond donors (Lipinski definition) is 1. The van der Waals surface area contributed by atoms with E-state index >= 15 is 0 Å². The zero-order chi connectivity index (χ0) is 26.6. The molecule has 0 saturated heterocycles. The van der Waals surface area contributed by atoms with Gasteiger partial charge in [0.15, 0.2) is 0 Å². The molecule has 0 unspecified atom stereocenters. The number of anilines is 1. The molecule has 2 rings (SSSR count). The molecule has 0 aliphatic rings. The summed E-state index contributed by atoms with van der Waals surface area (Å²) in [7, 11) is -3.80. The SMILES string of the molecule is CC[C@H](C(=O)NC(C)(C)C)N(Cc1ccc(F)cc1)C(=O)CN(c1cc(C)cc(C)c1)S(C)(=O)=O. The summed E-state index contributed by atoms with van der Waals surface area (Å²) in [5.74, 6) is -1.29. The highest BCUT2D eigenvalue weighted by Crippen LogP contribution is 2.23. The minimum atomic E-state index is -3.80. The molecule has 2 amide bonds. The number of nitrogens with one attached hydrogen (secondary N) is 1. The zero-order valence-corrected chi connectivity index (χ0v) is 22.4. The molecule has 1 atom stereocenters. The first-order chi connectivity index (χ1) is 16.1. The highest BCUT2D eigenvalue weighted by molar-refractivity contribution is 7.92. The molecule has 0 radical (unpaired) electrons. The third-order valence-corrected chi connectivity index (χ3v) is 6.46. The van der Waals surface area contributed by atoms with E-state index < -0.39 is 39.9 Å². The monoisotopic (exact) mass is 505 g/mol. The van der Waals surface area contributed by atoms with E-state index in [0.717, 1.165) is 21.7 Å². The summed E-state index contributed by atoms with van der Waals surface area (Å²) in [6, 6.07) is 10.1. The van der Waals surface area contributed by atoms with Crippen LogP contribution < -0.4 is 9.62 Å². The second-order valence-electron chi connectivity index (χ2n) is 9.93. The Hall–Kier alpha value is -2.94. The minimum Gasteiger partial charge on any atom is -0.350 e. The number of hydrogen-bond acceptors (Lipinski definition) is 4. The number of benzene rings is 2. The van der Waals surface area contributed by atoms with Gasteiger partial charge in [0.2, 0.25) is 21.8 Å². The molecule has 7 nitrogen and oxygen atoms in total. The predicted molar refractivity (Wildman–Crippen MR) is 137 cm³/mol. The molecule has 192 valence electrons. The van der Waals surface area contributed by atoms with Crippen molar-refractivity contribution in [2.75, 3.05) is 17.1 Å². The lowest BCUT2D eigenvalue weighted by Gasteiger charge is -2.34. The molecular weight excluding hydrogens is 469 g/mol. The standard InChI is InChI=1S/C26H36FN3O4S/c1-8-23(25(32)28-26(4,5)6)29(16-20-9-11-21(27)12-10-20)24(31)17-30(35(7,33)34)22-14-18(2)13-19(3)15-22/h9-15,23H,8,16-17H2,1-7H3,(H,28,32)/t23-/m1/s1. The van der Waals surface area contributed by atoms with Crippen LogP contribution in [0.2, 0.25) is 0 Å². The largest absolute Gasteiger partial charge is 0.350 e. The highest BCUT2D eigenvalue weighted by Gasteiger charge is 2.33. The van der Waals surface area contributed by atoms with E-state index in [0.29, 0.717) is 17.7 Å². The van der Waals surface area contributed by atoms with E-state index in [1.165, 1.54) is 17.0 Å². The van der Waals surface area contributed by atoms with Gasteiger partial charge in [-0.1, -0.05) is 25.1 Å². The van der Waals surface area contributed by atoms with Gasteiger partial charge in [0.1, 0.15) is 18.4 Å². The van der Waals surface area contributed by atoms with Crippen molar-refractivity contribution in [1.29, 1.82) is 0 Å². The molecule has 0 spiro atoms. The van der Waals surface area contributed by atoms with Gasteiger partial charge in [0.05, 0.1) is 11.9 Å². The first-order valence-corrected chi connectivity index (χ1v) is 13.4. The molecule has 2 aromatic rings. The Morgan fingerprint density at radius 1 is 1.03 bits per heavy atom. The molecule has 0 aliphatic heterocycles. The molecule has 9 heteroatoms. The van der Waals surface area contributed by atoms with Gasteiger partial charge in [-0.15, -0.1) is 0 Å². The smallest absolute Gasteiger partial charge is 0.244 e. The Bertz CT molecular complexity index is 1140. The van der Waals surface area contributed by atoms with Crippen LogP contribution in [0, 0.1) is 19.7 Å². The van der Waals surface area contributed by atoms with Crippen LogP contribution in [0.1, 0.15) is 50.8 Å². The summed E-state index contributed by atoms with van der Waals surface area (Å²) in [6.45, 7) is 10.6. The molecule has 0 fully saturated rings. The summed E-state index contributed by atoms with van der Waals surface area (Å²) in [5, 5.41) is 2.91. The van der Waals surface area contributed by atoms with Crippen LogP contribution >= 0.6 is 0 Å². The molecule has 2 aromatic carbocycles. The lowest BCUT2D eigenvalue weighted by molar-refractivity contribution is -0.141. The fourth-order valence-electron chi connectivity index (χ4n) is 3.87. The zero-order valence-electron chi connectivity index (χ0n) is 21.6. The van der Waals surface area contributed by atoms with E-state index in [9.17, 15) is 22.4 Å². The first-order valence-electron chi connectivity index (χ1n) is 11.5. The van der Waals surface area contributed by atoms with Crippen molar-refractivity contribution in [3.8, 4) is 0 Å². The Balaban J connectivity index is 2.48. The van der Waals surface area contributed by atoms with Crippen molar-refractivity contribution >= 4 is 27.5 Å². The number of aryl methyl sites for hydroxylation is 2. The van der Waals surface area contributed by atoms with Crippen molar-refractivity contribution in [3.63, 3.8) is 0 Å². The molecule has 0 heterocycles. The molecule has 0 saturated carbocycles. The average molecular weight is 506 g/mol. The normalized spacial score (nSPS) is 12.7. The van der Waals surface area contributed by atoms with Crippen LogP contribution in [-0.4, -0.2) is 49.5 Å². The fourth-order valence-corrected chi connectivity index (χ4v) is 4.70. The van der Waals surface area contributed by atoms with E-state index in [1.54, 1.807) is 31.2 Å². The second-order valence-corrected chi connectivity index (χ2v) is 11.8. The maximum Gasteiger partial charge on any atom is 0.244 e. The predicted octanol–water partition coefficient (Wildman–Crippen LogP) is 3.93. The van der Waals surface area contributed by atoms with Gasteiger partial charge >= 0.3 is 0 Å². The van der Waals surface area contributed by atoms with Gasteiger partial charge in [0.25, 0.3) is 0 Å². The Morgan fingerprint density at radius 3 is 2.03 bits per heavy atom. The van der Waals surface area contributed by atoms with Gasteiger partial charge in [-0.25, -0.2) is 12.8 Å². The second kappa shape index (κ2) is 11.2. The van der Waals surface area contributed by atoms with Crippen molar-refractivity contribution in [2.45, 2.75) is 66.1 Å². The molecular formula is C26H36FN3O4S. The number of carbonyl (C=O) groups excluding carboxylic acids is 2. The number of carbonyl (C=O) groups is 2. The third-order valence-electron chi connectivity index (χ3n) is 5.32. The third kappa shape index (κ3) is 8.35. The Labute approximate surface area is 208 Å². The van der Waals surface area contributed by atoms with Crippen LogP contribution in [0.15, 0.2) is 42.5 Å². The van der Waals surface area contributed by atoms with E-state index in [-0.39, 0.29) is 12.5 Å². The van der Waals surface area contributed by atoms with Gasteiger partial charge in [-0.2, -0.15) is 0 Å². The number of nitrogens with zero attached hydrogens (tertiary/aromatic N) is 2. The van der Waals surface area contributed by atoms with Crippen molar-refractivity contribution in [1.82, 2.24) is 10.2 Å². The van der Waals surface area contributed by atoms with Gasteiger partial charge < -0.3 is 10.2 Å². The summed E-state index contributed by atoms with van der Waals surface area (Å²) < 4.78 is 39.9. The first kappa shape index (κ1) is 28.3. The van der Waals surface area contributed by atoms with Crippen LogP contribution in [0.4, 0.5) is 10.1 Å². The maximum absolute atomic E-state index is 13.7. The summed E-state index contributed by atoms with van der Waals surface area (Å²) in [4.78, 5) is 28.1. The maximum atomic E-state index is 13.7. The van der Waals surface area contributed by atoms with Crippen LogP contribution in [0.3, 0.4) is 0 Å². The minimum absolute atomic E-state index is 0.0274. The number of amides is 2. The average Bonchev–Trinajstić information content (AvgIpc) is 2.70. The van der Waals surface area contributed by atoms with E-state index in [1.807, 2.05) is 40.7 Å². The topological polar surface area (TPSA) is 86.8 Å². The van der Waals surface area contributed by atoms with Crippen LogP contribution in [0.5, 0.6) is 0 Å². The lowest BCUT2D eigenvalue weighted by Crippen LogP contribution is -2.55. The number of sulfonamides is 1. The van der Waals surface area contributed by atoms with Gasteiger partial charge in [-0.3, -0.25) is 13.9 Å². The van der Waals surface area contributed by atoms with Crippen molar-refractivity contribution in [2.24, 2.45) is 0 Å². The van der Waals surface area contributed by atoms with Gasteiger partial charge in [-0.05, 0) is 82.0 Å². The highest BCUT2D eigenvalue weighted by atomic mass is 32.2. The van der Waals surface area contributed by atoms with E-state index in [4.69, 9.17) is 0 Å². The number of halogens is 1. The molecule has 0 bridgehead atoms.